The summed E-state index contributed by atoms with van der Waals surface area (Å²) in [5.74, 6) is 1.62. The van der Waals surface area contributed by atoms with Crippen LogP contribution in [0, 0.1) is 0 Å². The Kier molecular flexibility index (Phi) is 4.03. The van der Waals surface area contributed by atoms with Crippen molar-refractivity contribution in [2.75, 3.05) is 24.5 Å². The van der Waals surface area contributed by atoms with Crippen molar-refractivity contribution in [1.29, 1.82) is 0 Å². The molecule has 0 bridgehead atoms. The lowest BCUT2D eigenvalue weighted by molar-refractivity contribution is 0.328. The molecule has 1 aliphatic carbocycles. The molecule has 2 aromatic rings. The highest BCUT2D eigenvalue weighted by Crippen LogP contribution is 2.54. The molecule has 1 unspecified atom stereocenters. The van der Waals surface area contributed by atoms with Gasteiger partial charge in [0.2, 0.25) is 0 Å². The number of hydrogen-bond acceptors (Lipinski definition) is 4. The van der Waals surface area contributed by atoms with E-state index < -0.39 is 0 Å². The Balaban J connectivity index is 1.70. The van der Waals surface area contributed by atoms with Gasteiger partial charge in [-0.05, 0) is 78.3 Å². The number of aryl methyl sites for hydroxylation is 1. The third kappa shape index (κ3) is 2.36. The number of anilines is 2. The fourth-order valence-corrected chi connectivity index (χ4v) is 5.99. The molecule has 1 aromatic carbocycles. The Morgan fingerprint density at radius 2 is 2.08 bits per heavy atom. The van der Waals surface area contributed by atoms with Crippen molar-refractivity contribution in [2.24, 2.45) is 0 Å². The SMILES string of the molecule is CC1CCc2ncnc(N3CC4(CCNCC4)c4c3ccc(Cl)c4Br)c21. The third-order valence-corrected chi connectivity index (χ3v) is 7.79. The van der Waals surface area contributed by atoms with E-state index in [-0.39, 0.29) is 5.41 Å². The molecule has 4 nitrogen and oxygen atoms in total. The van der Waals surface area contributed by atoms with Crippen molar-refractivity contribution in [3.63, 3.8) is 0 Å². The lowest BCUT2D eigenvalue weighted by Crippen LogP contribution is -2.42. The second-order valence-electron chi connectivity index (χ2n) is 7.87. The molecule has 0 saturated carbocycles. The van der Waals surface area contributed by atoms with Crippen LogP contribution in [0.2, 0.25) is 5.02 Å². The number of fused-ring (bicyclic) bond motifs is 3. The average molecular weight is 434 g/mol. The number of hydrogen-bond donors (Lipinski definition) is 1. The molecular formula is C20H22BrClN4. The number of aromatic nitrogens is 2. The highest BCUT2D eigenvalue weighted by Gasteiger charge is 2.46. The first kappa shape index (κ1) is 17.0. The standard InChI is InChI=1S/C20H22BrClN4/c1-12-2-4-14-16(12)19(25-11-24-14)26-10-20(6-8-23-9-7-20)17-15(26)5-3-13(22)18(17)21/h3,5,11-12,23H,2,4,6-10H2,1H3. The van der Waals surface area contributed by atoms with E-state index >= 15 is 0 Å². The van der Waals surface area contributed by atoms with E-state index in [0.29, 0.717) is 5.92 Å². The van der Waals surface area contributed by atoms with Gasteiger partial charge in [0.25, 0.3) is 0 Å². The van der Waals surface area contributed by atoms with Gasteiger partial charge in [0.1, 0.15) is 12.1 Å². The first-order valence-electron chi connectivity index (χ1n) is 9.41. The van der Waals surface area contributed by atoms with Crippen LogP contribution >= 0.6 is 27.5 Å². The summed E-state index contributed by atoms with van der Waals surface area (Å²) in [4.78, 5) is 11.8. The lowest BCUT2D eigenvalue weighted by Gasteiger charge is -2.35. The fourth-order valence-electron chi connectivity index (χ4n) is 5.08. The van der Waals surface area contributed by atoms with Gasteiger partial charge in [0.05, 0.1) is 5.02 Å². The van der Waals surface area contributed by atoms with Crippen molar-refractivity contribution in [2.45, 2.75) is 43.9 Å². The molecule has 1 atom stereocenters. The monoisotopic (exact) mass is 432 g/mol. The summed E-state index contributed by atoms with van der Waals surface area (Å²) in [6.45, 7) is 5.36. The van der Waals surface area contributed by atoms with Gasteiger partial charge in [-0.2, -0.15) is 0 Å². The van der Waals surface area contributed by atoms with Gasteiger partial charge >= 0.3 is 0 Å². The lowest BCUT2D eigenvalue weighted by atomic mass is 9.75. The minimum absolute atomic E-state index is 0.129. The van der Waals surface area contributed by atoms with E-state index in [1.807, 2.05) is 6.07 Å². The number of nitrogens with one attached hydrogen (secondary N) is 1. The van der Waals surface area contributed by atoms with Gasteiger partial charge in [0, 0.05) is 33.4 Å². The van der Waals surface area contributed by atoms with Gasteiger partial charge in [-0.3, -0.25) is 0 Å². The highest BCUT2D eigenvalue weighted by molar-refractivity contribution is 9.10. The quantitative estimate of drug-likeness (QED) is 0.707. The number of benzene rings is 1. The summed E-state index contributed by atoms with van der Waals surface area (Å²) in [5, 5.41) is 4.31. The minimum Gasteiger partial charge on any atom is -0.325 e. The van der Waals surface area contributed by atoms with Crippen LogP contribution in [-0.4, -0.2) is 29.6 Å². The average Bonchev–Trinajstić information content (AvgIpc) is 3.18. The second-order valence-corrected chi connectivity index (χ2v) is 9.07. The highest BCUT2D eigenvalue weighted by atomic mass is 79.9. The molecule has 0 amide bonds. The zero-order valence-corrected chi connectivity index (χ0v) is 17.2. The van der Waals surface area contributed by atoms with E-state index in [4.69, 9.17) is 16.6 Å². The summed E-state index contributed by atoms with van der Waals surface area (Å²) >= 11 is 10.3. The topological polar surface area (TPSA) is 41.1 Å². The largest absolute Gasteiger partial charge is 0.325 e. The number of nitrogens with zero attached hydrogens (tertiary/aromatic N) is 3. The van der Waals surface area contributed by atoms with Crippen molar-refractivity contribution in [1.82, 2.24) is 15.3 Å². The Morgan fingerprint density at radius 3 is 2.88 bits per heavy atom. The molecule has 3 heterocycles. The molecule has 1 saturated heterocycles. The predicted octanol–water partition coefficient (Wildman–Crippen LogP) is 4.72. The summed E-state index contributed by atoms with van der Waals surface area (Å²) in [6.07, 6.45) is 6.22. The Morgan fingerprint density at radius 1 is 1.27 bits per heavy atom. The minimum atomic E-state index is 0.129. The predicted molar refractivity (Wildman–Crippen MR) is 109 cm³/mol. The van der Waals surface area contributed by atoms with E-state index in [1.165, 1.54) is 28.9 Å². The summed E-state index contributed by atoms with van der Waals surface area (Å²) in [7, 11) is 0. The summed E-state index contributed by atoms with van der Waals surface area (Å²) in [6, 6.07) is 4.18. The van der Waals surface area contributed by atoms with Gasteiger partial charge in [-0.1, -0.05) is 18.5 Å². The normalized spacial score (nSPS) is 23.3. The van der Waals surface area contributed by atoms with Crippen molar-refractivity contribution < 1.29 is 0 Å². The van der Waals surface area contributed by atoms with Crippen molar-refractivity contribution >= 4 is 39.0 Å². The molecule has 136 valence electrons. The fraction of sp³-hybridized carbons (Fsp3) is 0.500. The van der Waals surface area contributed by atoms with Gasteiger partial charge < -0.3 is 10.2 Å². The number of rotatable bonds is 1. The molecule has 1 aromatic heterocycles. The second kappa shape index (κ2) is 6.18. The van der Waals surface area contributed by atoms with E-state index in [1.54, 1.807) is 6.33 Å². The van der Waals surface area contributed by atoms with E-state index in [2.05, 4.69) is 44.1 Å². The third-order valence-electron chi connectivity index (χ3n) is 6.42. The molecule has 2 aliphatic heterocycles. The number of piperidine rings is 1. The summed E-state index contributed by atoms with van der Waals surface area (Å²) in [5.41, 5.74) is 5.32. The zero-order chi connectivity index (χ0) is 17.9. The van der Waals surface area contributed by atoms with Crippen LogP contribution in [-0.2, 0) is 11.8 Å². The molecule has 1 fully saturated rings. The van der Waals surface area contributed by atoms with Crippen LogP contribution in [0.5, 0.6) is 0 Å². The Hall–Kier alpha value is -1.17. The first-order chi connectivity index (χ1) is 12.6. The smallest absolute Gasteiger partial charge is 0.140 e. The van der Waals surface area contributed by atoms with Crippen LogP contribution in [0.4, 0.5) is 11.5 Å². The van der Waals surface area contributed by atoms with Crippen LogP contribution in [0.15, 0.2) is 22.9 Å². The maximum Gasteiger partial charge on any atom is 0.140 e. The van der Waals surface area contributed by atoms with Gasteiger partial charge in [-0.15, -0.1) is 0 Å². The Labute approximate surface area is 167 Å². The van der Waals surface area contributed by atoms with E-state index in [9.17, 15) is 0 Å². The van der Waals surface area contributed by atoms with Gasteiger partial charge in [0.15, 0.2) is 0 Å². The number of halogens is 2. The first-order valence-corrected chi connectivity index (χ1v) is 10.6. The Bertz CT molecular complexity index is 878. The summed E-state index contributed by atoms with van der Waals surface area (Å²) < 4.78 is 1.06. The maximum absolute atomic E-state index is 6.50. The maximum atomic E-state index is 6.50. The van der Waals surface area contributed by atoms with Crippen LogP contribution in [0.3, 0.4) is 0 Å². The van der Waals surface area contributed by atoms with Crippen LogP contribution in [0.25, 0.3) is 0 Å². The van der Waals surface area contributed by atoms with Crippen molar-refractivity contribution in [3.8, 4) is 0 Å². The molecule has 6 heteroatoms. The molecule has 1 N–H and O–H groups in total. The molecule has 1 spiro atoms. The molecular weight excluding hydrogens is 412 g/mol. The van der Waals surface area contributed by atoms with Crippen molar-refractivity contribution in [3.05, 3.63) is 44.8 Å². The van der Waals surface area contributed by atoms with Crippen LogP contribution < -0.4 is 10.2 Å². The van der Waals surface area contributed by atoms with E-state index in [0.717, 1.165) is 54.2 Å². The van der Waals surface area contributed by atoms with Crippen LogP contribution in [0.1, 0.15) is 48.9 Å². The molecule has 3 aliphatic rings. The van der Waals surface area contributed by atoms with Gasteiger partial charge in [-0.25, -0.2) is 9.97 Å². The molecule has 26 heavy (non-hydrogen) atoms. The molecule has 0 radical (unpaired) electrons. The zero-order valence-electron chi connectivity index (χ0n) is 14.9. The molecule has 5 rings (SSSR count).